The summed E-state index contributed by atoms with van der Waals surface area (Å²) in [4.78, 5) is 22.6. The van der Waals surface area contributed by atoms with Crippen molar-refractivity contribution in [1.82, 2.24) is 5.32 Å². The number of thioether (sulfide) groups is 1. The highest BCUT2D eigenvalue weighted by molar-refractivity contribution is 7.98. The summed E-state index contributed by atoms with van der Waals surface area (Å²) in [6, 6.07) is 8.03. The first-order valence-electron chi connectivity index (χ1n) is 5.52. The monoisotopic (exact) mass is 267 g/mol. The second kappa shape index (κ2) is 5.91. The highest BCUT2D eigenvalue weighted by Gasteiger charge is 2.22. The van der Waals surface area contributed by atoms with E-state index in [0.29, 0.717) is 0 Å². The van der Waals surface area contributed by atoms with Gasteiger partial charge in [0.2, 0.25) is 0 Å². The summed E-state index contributed by atoms with van der Waals surface area (Å²) in [5.74, 6) is -2.42. The predicted molar refractivity (Wildman–Crippen MR) is 71.9 cm³/mol. The first-order valence-corrected chi connectivity index (χ1v) is 6.75. The average molecular weight is 267 g/mol. The van der Waals surface area contributed by atoms with Gasteiger partial charge in [-0.3, -0.25) is 4.79 Å². The van der Waals surface area contributed by atoms with Crippen molar-refractivity contribution in [1.29, 1.82) is 0 Å². The molecule has 0 aliphatic carbocycles. The Labute approximate surface area is 111 Å². The van der Waals surface area contributed by atoms with Crippen molar-refractivity contribution in [3.63, 3.8) is 0 Å². The Kier molecular flexibility index (Phi) is 4.78. The fourth-order valence-corrected chi connectivity index (χ4v) is 1.93. The number of rotatable bonds is 4. The van der Waals surface area contributed by atoms with E-state index in [0.717, 1.165) is 5.56 Å². The SMILES string of the molecule is CSc1ccc(C(C)(C)CNC(=O)C(=O)O)cc1. The van der Waals surface area contributed by atoms with Gasteiger partial charge >= 0.3 is 11.9 Å². The number of carbonyl (C=O) groups is 2. The molecule has 0 spiro atoms. The number of nitrogens with one attached hydrogen (secondary N) is 1. The van der Waals surface area contributed by atoms with E-state index in [-0.39, 0.29) is 12.0 Å². The van der Waals surface area contributed by atoms with Crippen LogP contribution in [-0.4, -0.2) is 29.8 Å². The number of aliphatic carboxylic acids is 1. The Morgan fingerprint density at radius 1 is 1.28 bits per heavy atom. The van der Waals surface area contributed by atoms with E-state index in [1.54, 1.807) is 11.8 Å². The van der Waals surface area contributed by atoms with Crippen LogP contribution in [-0.2, 0) is 15.0 Å². The molecule has 0 saturated heterocycles. The fourth-order valence-electron chi connectivity index (χ4n) is 1.52. The lowest BCUT2D eigenvalue weighted by atomic mass is 9.84. The number of benzene rings is 1. The van der Waals surface area contributed by atoms with Gasteiger partial charge in [0.25, 0.3) is 0 Å². The molecule has 1 rings (SSSR count). The molecule has 0 saturated carbocycles. The fraction of sp³-hybridized carbons (Fsp3) is 0.385. The van der Waals surface area contributed by atoms with E-state index >= 15 is 0 Å². The molecule has 0 aromatic heterocycles. The van der Waals surface area contributed by atoms with Gasteiger partial charge in [-0.05, 0) is 24.0 Å². The van der Waals surface area contributed by atoms with Crippen molar-refractivity contribution < 1.29 is 14.7 Å². The van der Waals surface area contributed by atoms with Crippen LogP contribution in [0.25, 0.3) is 0 Å². The maximum absolute atomic E-state index is 11.0. The molecule has 0 unspecified atom stereocenters. The summed E-state index contributed by atoms with van der Waals surface area (Å²) in [5, 5.41) is 10.9. The lowest BCUT2D eigenvalue weighted by molar-refractivity contribution is -0.150. The third-order valence-electron chi connectivity index (χ3n) is 2.76. The van der Waals surface area contributed by atoms with Gasteiger partial charge in [-0.15, -0.1) is 11.8 Å². The third kappa shape index (κ3) is 3.77. The molecule has 4 nitrogen and oxygen atoms in total. The zero-order valence-electron chi connectivity index (χ0n) is 10.7. The number of carboxylic acid groups (broad SMARTS) is 1. The molecule has 0 atom stereocenters. The minimum atomic E-state index is -1.46. The van der Waals surface area contributed by atoms with Gasteiger partial charge in [0.15, 0.2) is 0 Å². The third-order valence-corrected chi connectivity index (χ3v) is 3.50. The summed E-state index contributed by atoms with van der Waals surface area (Å²) in [7, 11) is 0. The highest BCUT2D eigenvalue weighted by atomic mass is 32.2. The van der Waals surface area contributed by atoms with Gasteiger partial charge in [-0.2, -0.15) is 0 Å². The van der Waals surface area contributed by atoms with Gasteiger partial charge in [-0.25, -0.2) is 4.79 Å². The van der Waals surface area contributed by atoms with Crippen LogP contribution in [0.15, 0.2) is 29.2 Å². The summed E-state index contributed by atoms with van der Waals surface area (Å²) < 4.78 is 0. The molecule has 0 radical (unpaired) electrons. The van der Waals surface area contributed by atoms with Crippen LogP contribution in [0.4, 0.5) is 0 Å². The van der Waals surface area contributed by atoms with Crippen LogP contribution >= 0.6 is 11.8 Å². The van der Waals surface area contributed by atoms with Crippen molar-refractivity contribution in [3.05, 3.63) is 29.8 Å². The Morgan fingerprint density at radius 3 is 2.28 bits per heavy atom. The minimum Gasteiger partial charge on any atom is -0.474 e. The maximum Gasteiger partial charge on any atom is 0.394 e. The second-order valence-corrected chi connectivity index (χ2v) is 5.48. The molecule has 1 amide bonds. The smallest absolute Gasteiger partial charge is 0.394 e. The number of carbonyl (C=O) groups excluding carboxylic acids is 1. The summed E-state index contributed by atoms with van der Waals surface area (Å²) in [6.07, 6.45) is 2.01. The second-order valence-electron chi connectivity index (χ2n) is 4.60. The lowest BCUT2D eigenvalue weighted by Crippen LogP contribution is -2.39. The minimum absolute atomic E-state index is 0.288. The number of amides is 1. The molecule has 0 heterocycles. The summed E-state index contributed by atoms with van der Waals surface area (Å²) >= 11 is 1.66. The van der Waals surface area contributed by atoms with Crippen molar-refractivity contribution in [2.45, 2.75) is 24.2 Å². The lowest BCUT2D eigenvalue weighted by Gasteiger charge is -2.25. The van der Waals surface area contributed by atoms with Crippen molar-refractivity contribution in [2.75, 3.05) is 12.8 Å². The van der Waals surface area contributed by atoms with Crippen LogP contribution < -0.4 is 5.32 Å². The number of hydrogen-bond donors (Lipinski definition) is 2. The molecule has 0 aliphatic heterocycles. The maximum atomic E-state index is 11.0. The average Bonchev–Trinajstić information content (AvgIpc) is 2.36. The number of carboxylic acids is 1. The molecule has 1 aromatic rings. The zero-order valence-corrected chi connectivity index (χ0v) is 11.5. The van der Waals surface area contributed by atoms with Crippen LogP contribution in [0, 0.1) is 0 Å². The number of hydrogen-bond acceptors (Lipinski definition) is 3. The molecule has 18 heavy (non-hydrogen) atoms. The molecule has 0 bridgehead atoms. The Hall–Kier alpha value is -1.49. The zero-order chi connectivity index (χ0) is 13.8. The molecule has 98 valence electrons. The summed E-state index contributed by atoms with van der Waals surface area (Å²) in [5.41, 5.74) is 0.758. The van der Waals surface area contributed by atoms with E-state index in [1.807, 2.05) is 44.4 Å². The van der Waals surface area contributed by atoms with Crippen molar-refractivity contribution in [2.24, 2.45) is 0 Å². The van der Waals surface area contributed by atoms with Crippen LogP contribution in [0.3, 0.4) is 0 Å². The van der Waals surface area contributed by atoms with E-state index in [1.165, 1.54) is 4.90 Å². The molecule has 0 aliphatic rings. The summed E-state index contributed by atoms with van der Waals surface area (Å²) in [6.45, 7) is 4.21. The standard InChI is InChI=1S/C13H17NO3S/c1-13(2,8-14-11(15)12(16)17)9-4-6-10(18-3)7-5-9/h4-7H,8H2,1-3H3,(H,14,15)(H,16,17). The normalized spacial score (nSPS) is 11.1. The van der Waals surface area contributed by atoms with Crippen LogP contribution in [0.2, 0.25) is 0 Å². The molecule has 0 fully saturated rings. The van der Waals surface area contributed by atoms with E-state index in [2.05, 4.69) is 5.32 Å². The Morgan fingerprint density at radius 2 is 1.83 bits per heavy atom. The van der Waals surface area contributed by atoms with Crippen molar-refractivity contribution >= 4 is 23.6 Å². The molecular weight excluding hydrogens is 250 g/mol. The van der Waals surface area contributed by atoms with Crippen LogP contribution in [0.5, 0.6) is 0 Å². The largest absolute Gasteiger partial charge is 0.474 e. The predicted octanol–water partition coefficient (Wildman–Crippen LogP) is 1.89. The van der Waals surface area contributed by atoms with E-state index in [4.69, 9.17) is 5.11 Å². The van der Waals surface area contributed by atoms with E-state index in [9.17, 15) is 9.59 Å². The van der Waals surface area contributed by atoms with Gasteiger partial charge < -0.3 is 10.4 Å². The highest BCUT2D eigenvalue weighted by Crippen LogP contribution is 2.24. The van der Waals surface area contributed by atoms with Gasteiger partial charge in [0.05, 0.1) is 0 Å². The molecule has 2 N–H and O–H groups in total. The Balaban J connectivity index is 2.72. The van der Waals surface area contributed by atoms with Gasteiger partial charge in [-0.1, -0.05) is 26.0 Å². The van der Waals surface area contributed by atoms with Gasteiger partial charge in [0, 0.05) is 16.9 Å². The van der Waals surface area contributed by atoms with E-state index < -0.39 is 11.9 Å². The topological polar surface area (TPSA) is 66.4 Å². The molecule has 5 heteroatoms. The first-order chi connectivity index (χ1) is 8.36. The molecular formula is C13H17NO3S. The van der Waals surface area contributed by atoms with Crippen LogP contribution in [0.1, 0.15) is 19.4 Å². The first kappa shape index (κ1) is 14.6. The Bertz CT molecular complexity index is 440. The van der Waals surface area contributed by atoms with Gasteiger partial charge in [0.1, 0.15) is 0 Å². The van der Waals surface area contributed by atoms with Crippen molar-refractivity contribution in [3.8, 4) is 0 Å². The molecule has 1 aromatic carbocycles. The quantitative estimate of drug-likeness (QED) is 0.646.